The van der Waals surface area contributed by atoms with Gasteiger partial charge in [0.05, 0.1) is 22.1 Å². The Bertz CT molecular complexity index is 3090. The van der Waals surface area contributed by atoms with E-state index in [9.17, 15) is 0 Å². The van der Waals surface area contributed by atoms with E-state index in [1.807, 2.05) is 0 Å². The Morgan fingerprint density at radius 2 is 0.577 bits per heavy atom. The third-order valence-electron chi connectivity index (χ3n) is 10.9. The third-order valence-corrected chi connectivity index (χ3v) is 10.9. The Labute approximate surface area is 301 Å². The monoisotopic (exact) mass is 660 g/mol. The van der Waals surface area contributed by atoms with Gasteiger partial charge in [0.25, 0.3) is 0 Å². The Kier molecular flexibility index (Phi) is 6.28. The predicted molar refractivity (Wildman–Crippen MR) is 221 cm³/mol. The van der Waals surface area contributed by atoms with Gasteiger partial charge in [0.1, 0.15) is 0 Å². The number of rotatable bonds is 4. The van der Waals surface area contributed by atoms with Crippen molar-refractivity contribution in [1.29, 1.82) is 0 Å². The number of hydrogen-bond acceptors (Lipinski definition) is 0. The summed E-state index contributed by atoms with van der Waals surface area (Å²) in [5.74, 6) is 0. The molecule has 11 aromatic rings. The van der Waals surface area contributed by atoms with Gasteiger partial charge in [-0.1, -0.05) is 158 Å². The highest BCUT2D eigenvalue weighted by molar-refractivity contribution is 6.24. The summed E-state index contributed by atoms with van der Waals surface area (Å²) in [6, 6.07) is 70.9. The van der Waals surface area contributed by atoms with Crippen LogP contribution in [-0.4, -0.2) is 9.13 Å². The molecule has 0 N–H and O–H groups in total. The largest absolute Gasteiger partial charge is 0.307 e. The summed E-state index contributed by atoms with van der Waals surface area (Å²) in [5, 5.41) is 10.1. The summed E-state index contributed by atoms with van der Waals surface area (Å²) >= 11 is 0. The molecule has 0 radical (unpaired) electrons. The Morgan fingerprint density at radius 3 is 1.04 bits per heavy atom. The van der Waals surface area contributed by atoms with Crippen molar-refractivity contribution in [2.45, 2.75) is 0 Å². The highest BCUT2D eigenvalue weighted by Crippen LogP contribution is 2.45. The summed E-state index contributed by atoms with van der Waals surface area (Å²) < 4.78 is 4.92. The van der Waals surface area contributed by atoms with Crippen molar-refractivity contribution in [2.75, 3.05) is 0 Å². The van der Waals surface area contributed by atoms with E-state index in [1.54, 1.807) is 0 Å². The van der Waals surface area contributed by atoms with Gasteiger partial charge in [-0.2, -0.15) is 0 Å². The summed E-state index contributed by atoms with van der Waals surface area (Å²) in [7, 11) is 0. The molecule has 9 aromatic carbocycles. The zero-order chi connectivity index (χ0) is 34.2. The standard InChI is InChI=1S/C50H32N2/c1-3-15-33(16-4-1)47-39-21-7-9-23-41(39)48(42-24-10-8-22-40(42)47)34-27-29-36(30-28-34)52-46-26-14-12-20-38(46)44-32-31-43-37-19-11-13-25-45(37)51(49(43)50(44)52)35-17-5-2-6-18-35/h1-32H. The summed E-state index contributed by atoms with van der Waals surface area (Å²) in [6.07, 6.45) is 0. The smallest absolute Gasteiger partial charge is 0.0788 e. The van der Waals surface area contributed by atoms with Crippen LogP contribution in [0.25, 0.3) is 98.8 Å². The number of benzene rings is 9. The molecule has 0 saturated carbocycles. The van der Waals surface area contributed by atoms with Crippen LogP contribution in [0.5, 0.6) is 0 Å². The number of aromatic nitrogens is 2. The zero-order valence-corrected chi connectivity index (χ0v) is 28.4. The lowest BCUT2D eigenvalue weighted by Gasteiger charge is -2.18. The predicted octanol–water partition coefficient (Wildman–Crippen LogP) is 13.5. The van der Waals surface area contributed by atoms with Crippen LogP contribution >= 0.6 is 0 Å². The zero-order valence-electron chi connectivity index (χ0n) is 28.4. The van der Waals surface area contributed by atoms with E-state index in [4.69, 9.17) is 0 Å². The fourth-order valence-corrected chi connectivity index (χ4v) is 8.75. The maximum atomic E-state index is 2.48. The topological polar surface area (TPSA) is 9.86 Å². The average molecular weight is 661 g/mol. The lowest BCUT2D eigenvalue weighted by Crippen LogP contribution is -1.98. The molecule has 0 spiro atoms. The first-order valence-electron chi connectivity index (χ1n) is 18.0. The molecule has 2 aromatic heterocycles. The van der Waals surface area contributed by atoms with Crippen LogP contribution in [0.15, 0.2) is 194 Å². The second-order valence-electron chi connectivity index (χ2n) is 13.7. The van der Waals surface area contributed by atoms with Gasteiger partial charge >= 0.3 is 0 Å². The van der Waals surface area contributed by atoms with E-state index in [1.165, 1.54) is 87.4 Å². The van der Waals surface area contributed by atoms with Crippen LogP contribution in [0.2, 0.25) is 0 Å². The molecular weight excluding hydrogens is 629 g/mol. The Morgan fingerprint density at radius 1 is 0.231 bits per heavy atom. The number of nitrogens with zero attached hydrogens (tertiary/aromatic N) is 2. The van der Waals surface area contributed by atoms with E-state index in [-0.39, 0.29) is 0 Å². The molecule has 0 aliphatic rings. The lowest BCUT2D eigenvalue weighted by atomic mass is 9.86. The van der Waals surface area contributed by atoms with Gasteiger partial charge < -0.3 is 9.13 Å². The summed E-state index contributed by atoms with van der Waals surface area (Å²) in [6.45, 7) is 0. The number of para-hydroxylation sites is 3. The molecule has 0 bridgehead atoms. The minimum atomic E-state index is 1.14. The van der Waals surface area contributed by atoms with Crippen LogP contribution in [0.1, 0.15) is 0 Å². The van der Waals surface area contributed by atoms with Crippen molar-refractivity contribution in [1.82, 2.24) is 9.13 Å². The van der Waals surface area contributed by atoms with E-state index in [2.05, 4.69) is 203 Å². The van der Waals surface area contributed by atoms with Gasteiger partial charge in [-0.05, 0) is 80.2 Å². The third kappa shape index (κ3) is 4.12. The fourth-order valence-electron chi connectivity index (χ4n) is 8.75. The Balaban J connectivity index is 1.20. The molecule has 242 valence electrons. The molecular formula is C50H32N2. The first-order chi connectivity index (χ1) is 25.8. The second kappa shape index (κ2) is 11.3. The summed E-state index contributed by atoms with van der Waals surface area (Å²) in [4.78, 5) is 0. The van der Waals surface area contributed by atoms with E-state index < -0.39 is 0 Å². The van der Waals surface area contributed by atoms with E-state index in [0.717, 1.165) is 11.4 Å². The van der Waals surface area contributed by atoms with Crippen LogP contribution in [0.4, 0.5) is 0 Å². The van der Waals surface area contributed by atoms with Gasteiger partial charge in [-0.15, -0.1) is 0 Å². The van der Waals surface area contributed by atoms with Gasteiger partial charge in [-0.3, -0.25) is 0 Å². The van der Waals surface area contributed by atoms with Gasteiger partial charge in [0.15, 0.2) is 0 Å². The maximum absolute atomic E-state index is 2.48. The van der Waals surface area contributed by atoms with Crippen molar-refractivity contribution < 1.29 is 0 Å². The molecule has 0 atom stereocenters. The number of fused-ring (bicyclic) bond motifs is 9. The molecule has 0 aliphatic carbocycles. The quantitative estimate of drug-likeness (QED) is 0.166. The molecule has 0 saturated heterocycles. The van der Waals surface area contributed by atoms with Crippen LogP contribution in [0, 0.1) is 0 Å². The fraction of sp³-hybridized carbons (Fsp3) is 0. The first-order valence-corrected chi connectivity index (χ1v) is 18.0. The van der Waals surface area contributed by atoms with Gasteiger partial charge in [0.2, 0.25) is 0 Å². The molecule has 0 amide bonds. The average Bonchev–Trinajstić information content (AvgIpc) is 3.74. The van der Waals surface area contributed by atoms with Crippen molar-refractivity contribution in [3.63, 3.8) is 0 Å². The molecule has 52 heavy (non-hydrogen) atoms. The van der Waals surface area contributed by atoms with E-state index in [0.29, 0.717) is 0 Å². The van der Waals surface area contributed by atoms with Crippen LogP contribution < -0.4 is 0 Å². The van der Waals surface area contributed by atoms with Crippen LogP contribution in [-0.2, 0) is 0 Å². The first kappa shape index (κ1) is 28.9. The molecule has 2 nitrogen and oxygen atoms in total. The highest BCUT2D eigenvalue weighted by atomic mass is 15.0. The minimum absolute atomic E-state index is 1.14. The maximum Gasteiger partial charge on any atom is 0.0788 e. The highest BCUT2D eigenvalue weighted by Gasteiger charge is 2.22. The molecule has 0 aliphatic heterocycles. The minimum Gasteiger partial charge on any atom is -0.307 e. The summed E-state index contributed by atoms with van der Waals surface area (Å²) in [5.41, 5.74) is 12.1. The van der Waals surface area contributed by atoms with Gasteiger partial charge in [0, 0.05) is 32.9 Å². The van der Waals surface area contributed by atoms with Gasteiger partial charge in [-0.25, -0.2) is 0 Å². The van der Waals surface area contributed by atoms with Crippen molar-refractivity contribution in [3.05, 3.63) is 194 Å². The van der Waals surface area contributed by atoms with Crippen molar-refractivity contribution in [2.24, 2.45) is 0 Å². The lowest BCUT2D eigenvalue weighted by molar-refractivity contribution is 1.15. The molecule has 0 fully saturated rings. The molecule has 11 rings (SSSR count). The molecule has 2 heteroatoms. The molecule has 0 unspecified atom stereocenters. The van der Waals surface area contributed by atoms with Crippen LogP contribution in [0.3, 0.4) is 0 Å². The molecule has 2 heterocycles. The Hall–Kier alpha value is -6.90. The van der Waals surface area contributed by atoms with Crippen molar-refractivity contribution in [3.8, 4) is 33.6 Å². The SMILES string of the molecule is c1ccc(-c2c3ccccc3c(-c3ccc(-n4c5ccccc5c5ccc6c7ccccc7n(-c7ccccc7)c6c54)cc3)c3ccccc23)cc1. The van der Waals surface area contributed by atoms with Crippen molar-refractivity contribution >= 4 is 65.2 Å². The van der Waals surface area contributed by atoms with E-state index >= 15 is 0 Å². The normalized spacial score (nSPS) is 11.8. The second-order valence-corrected chi connectivity index (χ2v) is 13.7. The number of hydrogen-bond donors (Lipinski definition) is 0.